The Hall–Kier alpha value is -2.45. The van der Waals surface area contributed by atoms with E-state index in [4.69, 9.17) is 4.74 Å². The third-order valence-corrected chi connectivity index (χ3v) is 5.21. The number of hydrogen-bond acceptors (Lipinski definition) is 4. The number of ether oxygens (including phenoxy) is 1. The van der Waals surface area contributed by atoms with Crippen LogP contribution in [0.25, 0.3) is 0 Å². The molecule has 2 N–H and O–H groups in total. The molecule has 2 aromatic carbocycles. The van der Waals surface area contributed by atoms with Gasteiger partial charge in [-0.05, 0) is 41.7 Å². The van der Waals surface area contributed by atoms with Crippen molar-refractivity contribution in [2.75, 3.05) is 26.5 Å². The lowest BCUT2D eigenvalue weighted by Crippen LogP contribution is -2.37. The van der Waals surface area contributed by atoms with E-state index >= 15 is 0 Å². The Morgan fingerprint density at radius 3 is 2.53 bits per heavy atom. The first kappa shape index (κ1) is 23.8. The van der Waals surface area contributed by atoms with Gasteiger partial charge >= 0.3 is 0 Å². The van der Waals surface area contributed by atoms with Crippen molar-refractivity contribution in [2.45, 2.75) is 31.7 Å². The van der Waals surface area contributed by atoms with Crippen LogP contribution in [0.1, 0.15) is 29.5 Å². The van der Waals surface area contributed by atoms with Gasteiger partial charge in [-0.15, -0.1) is 0 Å². The van der Waals surface area contributed by atoms with Gasteiger partial charge in [0.05, 0.1) is 12.4 Å². The number of benzene rings is 2. The van der Waals surface area contributed by atoms with Gasteiger partial charge in [-0.1, -0.05) is 36.4 Å². The summed E-state index contributed by atoms with van der Waals surface area (Å²) in [6.07, 6.45) is 2.99. The highest BCUT2D eigenvalue weighted by Crippen LogP contribution is 2.14. The summed E-state index contributed by atoms with van der Waals surface area (Å²) in [4.78, 5) is 4.15. The maximum absolute atomic E-state index is 13.6. The summed E-state index contributed by atoms with van der Waals surface area (Å²) in [6.45, 7) is 2.29. The van der Waals surface area contributed by atoms with E-state index in [1.165, 1.54) is 18.2 Å². The highest BCUT2D eigenvalue weighted by molar-refractivity contribution is 7.89. The number of guanidine groups is 1. The first-order chi connectivity index (χ1) is 14.4. The number of nitrogens with zero attached hydrogens (tertiary/aromatic N) is 1. The zero-order valence-corrected chi connectivity index (χ0v) is 18.3. The first-order valence-corrected chi connectivity index (χ1v) is 11.9. The Morgan fingerprint density at radius 2 is 1.83 bits per heavy atom. The Bertz CT molecular complexity index is 918. The molecule has 0 saturated heterocycles. The smallest absolute Gasteiger partial charge is 0.191 e. The lowest BCUT2D eigenvalue weighted by molar-refractivity contribution is 0.117. The van der Waals surface area contributed by atoms with Gasteiger partial charge in [-0.25, -0.2) is 12.8 Å². The molecular weight excluding hydrogens is 405 g/mol. The molecule has 8 heteroatoms. The monoisotopic (exact) mass is 435 g/mol. The zero-order valence-electron chi connectivity index (χ0n) is 17.5. The molecule has 0 bridgehead atoms. The van der Waals surface area contributed by atoms with Crippen molar-refractivity contribution in [2.24, 2.45) is 4.99 Å². The van der Waals surface area contributed by atoms with E-state index in [2.05, 4.69) is 15.6 Å². The standard InChI is InChI=1S/C22H30FN3O3S/c1-24-22(25-12-6-7-13-29-16-18-8-4-3-5-9-18)26-15-20-14-21(23)11-10-19(20)17-30(2,27)28/h3-5,8-11,14H,6-7,12-13,15-17H2,1-2H3,(H2,24,25,26). The maximum Gasteiger partial charge on any atom is 0.191 e. The predicted octanol–water partition coefficient (Wildman–Crippen LogP) is 3.03. The average Bonchev–Trinajstić information content (AvgIpc) is 2.71. The van der Waals surface area contributed by atoms with Crippen molar-refractivity contribution < 1.29 is 17.5 Å². The van der Waals surface area contributed by atoms with Crippen LogP contribution in [0, 0.1) is 5.82 Å². The summed E-state index contributed by atoms with van der Waals surface area (Å²) in [7, 11) is -1.55. The van der Waals surface area contributed by atoms with E-state index in [-0.39, 0.29) is 12.3 Å². The number of rotatable bonds is 11. The molecule has 0 unspecified atom stereocenters. The molecule has 0 heterocycles. The molecule has 164 valence electrons. The van der Waals surface area contributed by atoms with Gasteiger partial charge in [0.25, 0.3) is 0 Å². The lowest BCUT2D eigenvalue weighted by Gasteiger charge is -2.14. The van der Waals surface area contributed by atoms with Gasteiger partial charge in [0, 0.05) is 33.0 Å². The van der Waals surface area contributed by atoms with Crippen molar-refractivity contribution >= 4 is 15.8 Å². The van der Waals surface area contributed by atoms with Crippen LogP contribution >= 0.6 is 0 Å². The van der Waals surface area contributed by atoms with E-state index in [1.807, 2.05) is 30.3 Å². The quantitative estimate of drug-likeness (QED) is 0.322. The highest BCUT2D eigenvalue weighted by atomic mass is 32.2. The maximum atomic E-state index is 13.6. The first-order valence-electron chi connectivity index (χ1n) is 9.88. The fourth-order valence-electron chi connectivity index (χ4n) is 2.88. The van der Waals surface area contributed by atoms with Gasteiger partial charge in [0.2, 0.25) is 0 Å². The summed E-state index contributed by atoms with van der Waals surface area (Å²) in [5.74, 6) is 0.0523. The third kappa shape index (κ3) is 9.37. The number of nitrogens with one attached hydrogen (secondary N) is 2. The number of sulfone groups is 1. The molecule has 2 aromatic rings. The SMILES string of the molecule is CN=C(NCCCCOCc1ccccc1)NCc1cc(F)ccc1CS(C)(=O)=O. The Morgan fingerprint density at radius 1 is 1.07 bits per heavy atom. The second-order valence-corrected chi connectivity index (χ2v) is 9.22. The van der Waals surface area contributed by atoms with Gasteiger partial charge in [0.15, 0.2) is 15.8 Å². The summed E-state index contributed by atoms with van der Waals surface area (Å²) < 4.78 is 42.5. The molecule has 0 aliphatic rings. The number of aliphatic imine (C=N–C) groups is 1. The largest absolute Gasteiger partial charge is 0.377 e. The predicted molar refractivity (Wildman–Crippen MR) is 118 cm³/mol. The van der Waals surface area contributed by atoms with Crippen molar-refractivity contribution in [3.8, 4) is 0 Å². The molecule has 0 radical (unpaired) electrons. The van der Waals surface area contributed by atoms with Crippen molar-refractivity contribution in [3.63, 3.8) is 0 Å². The molecule has 0 fully saturated rings. The molecule has 0 aromatic heterocycles. The molecule has 2 rings (SSSR count). The molecule has 0 spiro atoms. The normalized spacial score (nSPS) is 12.0. The third-order valence-electron chi connectivity index (χ3n) is 4.38. The van der Waals surface area contributed by atoms with Crippen LogP contribution in [-0.2, 0) is 33.5 Å². The van der Waals surface area contributed by atoms with Gasteiger partial charge < -0.3 is 15.4 Å². The van der Waals surface area contributed by atoms with Crippen LogP contribution < -0.4 is 10.6 Å². The van der Waals surface area contributed by atoms with E-state index in [0.29, 0.717) is 36.8 Å². The summed E-state index contributed by atoms with van der Waals surface area (Å²) in [5.41, 5.74) is 2.34. The average molecular weight is 436 g/mol. The molecule has 0 aliphatic heterocycles. The molecule has 0 atom stereocenters. The summed E-state index contributed by atoms with van der Waals surface area (Å²) >= 11 is 0. The highest BCUT2D eigenvalue weighted by Gasteiger charge is 2.11. The fourth-order valence-corrected chi connectivity index (χ4v) is 3.73. The second kappa shape index (κ2) is 12.3. The lowest BCUT2D eigenvalue weighted by atomic mass is 10.1. The molecule has 6 nitrogen and oxygen atoms in total. The Kier molecular flexibility index (Phi) is 9.76. The van der Waals surface area contributed by atoms with Crippen molar-refractivity contribution in [1.82, 2.24) is 10.6 Å². The van der Waals surface area contributed by atoms with Gasteiger partial charge in [0.1, 0.15) is 5.82 Å². The second-order valence-electron chi connectivity index (χ2n) is 7.08. The molecule has 30 heavy (non-hydrogen) atoms. The van der Waals surface area contributed by atoms with Crippen molar-refractivity contribution in [1.29, 1.82) is 0 Å². The van der Waals surface area contributed by atoms with Gasteiger partial charge in [-0.2, -0.15) is 0 Å². The summed E-state index contributed by atoms with van der Waals surface area (Å²) in [5, 5.41) is 6.31. The van der Waals surface area contributed by atoms with E-state index in [9.17, 15) is 12.8 Å². The number of halogens is 1. The minimum absolute atomic E-state index is 0.126. The van der Waals surface area contributed by atoms with Crippen LogP contribution in [0.3, 0.4) is 0 Å². The van der Waals surface area contributed by atoms with E-state index < -0.39 is 15.7 Å². The Labute approximate surface area is 178 Å². The molecule has 0 amide bonds. The molecule has 0 saturated carbocycles. The molecular formula is C22H30FN3O3S. The van der Waals surface area contributed by atoms with E-state index in [1.54, 1.807) is 7.05 Å². The number of hydrogen-bond donors (Lipinski definition) is 2. The van der Waals surface area contributed by atoms with Crippen LogP contribution in [-0.4, -0.2) is 40.8 Å². The number of unbranched alkanes of at least 4 members (excludes halogenated alkanes) is 1. The summed E-state index contributed by atoms with van der Waals surface area (Å²) in [6, 6.07) is 14.2. The minimum Gasteiger partial charge on any atom is -0.377 e. The van der Waals surface area contributed by atoms with E-state index in [0.717, 1.165) is 24.7 Å². The van der Waals surface area contributed by atoms with Gasteiger partial charge in [-0.3, -0.25) is 4.99 Å². The van der Waals surface area contributed by atoms with Crippen LogP contribution in [0.2, 0.25) is 0 Å². The zero-order chi connectivity index (χ0) is 21.8. The molecule has 0 aliphatic carbocycles. The van der Waals surface area contributed by atoms with Crippen LogP contribution in [0.4, 0.5) is 4.39 Å². The van der Waals surface area contributed by atoms with Crippen molar-refractivity contribution in [3.05, 3.63) is 71.0 Å². The van der Waals surface area contributed by atoms with Crippen LogP contribution in [0.5, 0.6) is 0 Å². The fraction of sp³-hybridized carbons (Fsp3) is 0.409. The minimum atomic E-state index is -3.21. The topological polar surface area (TPSA) is 79.8 Å². The van der Waals surface area contributed by atoms with Crippen LogP contribution in [0.15, 0.2) is 53.5 Å². The Balaban J connectivity index is 1.70.